The summed E-state index contributed by atoms with van der Waals surface area (Å²) in [6.07, 6.45) is 6.35. The average Bonchev–Trinajstić information content (AvgIpc) is 2.59. The van der Waals surface area contributed by atoms with Crippen LogP contribution in [0.4, 0.5) is 5.69 Å². The van der Waals surface area contributed by atoms with Crippen LogP contribution in [0, 0.1) is 0 Å². The molecular formula is C22H26N2O2. The second-order valence-corrected chi connectivity index (χ2v) is 6.84. The normalized spacial score (nSPS) is 14.2. The van der Waals surface area contributed by atoms with Crippen LogP contribution in [0.25, 0.3) is 0 Å². The smallest absolute Gasteiger partial charge is 0.115 e. The Morgan fingerprint density at radius 1 is 0.885 bits per heavy atom. The highest BCUT2D eigenvalue weighted by molar-refractivity contribution is 5.83. The van der Waals surface area contributed by atoms with E-state index in [0.717, 1.165) is 36.9 Å². The Morgan fingerprint density at radius 3 is 2.04 bits per heavy atom. The molecule has 0 bridgehead atoms. The summed E-state index contributed by atoms with van der Waals surface area (Å²) in [5, 5.41) is 19.3. The first-order valence-electron chi connectivity index (χ1n) is 9.20. The highest BCUT2D eigenvalue weighted by Crippen LogP contribution is 2.29. The molecule has 1 aliphatic rings. The zero-order valence-corrected chi connectivity index (χ0v) is 15.0. The number of aromatic hydroxyl groups is 1. The van der Waals surface area contributed by atoms with Crippen LogP contribution in [0.2, 0.25) is 0 Å². The molecule has 1 saturated carbocycles. The minimum atomic E-state index is 0.271. The predicted molar refractivity (Wildman–Crippen MR) is 106 cm³/mol. The van der Waals surface area contributed by atoms with Gasteiger partial charge in [-0.05, 0) is 73.1 Å². The summed E-state index contributed by atoms with van der Waals surface area (Å²) in [5.74, 6) is 1.45. The molecule has 0 spiro atoms. The molecule has 0 amide bonds. The van der Waals surface area contributed by atoms with E-state index >= 15 is 0 Å². The minimum absolute atomic E-state index is 0.271. The number of aliphatic hydroxyl groups excluding tert-OH is 1. The molecular weight excluding hydrogens is 324 g/mol. The third-order valence-electron chi connectivity index (χ3n) is 4.83. The molecule has 26 heavy (non-hydrogen) atoms. The molecule has 1 fully saturated rings. The van der Waals surface area contributed by atoms with Crippen LogP contribution in [-0.4, -0.2) is 16.0 Å². The quantitative estimate of drug-likeness (QED) is 0.376. The maximum Gasteiger partial charge on any atom is 0.115 e. The number of allylic oxidation sites excluding steroid dienone is 2. The van der Waals surface area contributed by atoms with Crippen LogP contribution < -0.4 is 5.73 Å². The van der Waals surface area contributed by atoms with E-state index in [1.165, 1.54) is 17.6 Å². The van der Waals surface area contributed by atoms with E-state index in [9.17, 15) is 10.2 Å². The lowest BCUT2D eigenvalue weighted by Crippen LogP contribution is -2.12. The Kier molecular flexibility index (Phi) is 5.95. The Balaban J connectivity index is 1.50. The molecule has 0 saturated heterocycles. The maximum absolute atomic E-state index is 10.00. The standard InChI is InChI=1S/C22H26N2O2/c23-22(15-9-17-6-12-20(25)13-7-17)24-19-10-4-16(5-11-19)8-14-21(26)18-2-1-3-18/h4-7,10-13,25-26H,1-3,8-9,14-15H2,(H2,23,24). The number of hydrogen-bond donors (Lipinski definition) is 3. The number of aliphatic imine (C=N–C) groups is 1. The van der Waals surface area contributed by atoms with E-state index < -0.39 is 0 Å². The van der Waals surface area contributed by atoms with Gasteiger partial charge in [-0.15, -0.1) is 0 Å². The number of aliphatic hydroxyl groups is 1. The summed E-state index contributed by atoms with van der Waals surface area (Å²) in [6.45, 7) is 0. The van der Waals surface area contributed by atoms with E-state index in [0.29, 0.717) is 24.4 Å². The van der Waals surface area contributed by atoms with Gasteiger partial charge in [-0.1, -0.05) is 24.3 Å². The molecule has 4 N–H and O–H groups in total. The predicted octanol–water partition coefficient (Wildman–Crippen LogP) is 4.94. The number of phenols is 1. The number of nitrogens with zero attached hydrogens (tertiary/aromatic N) is 1. The summed E-state index contributed by atoms with van der Waals surface area (Å²) < 4.78 is 0. The van der Waals surface area contributed by atoms with Crippen LogP contribution in [0.5, 0.6) is 5.75 Å². The second kappa shape index (κ2) is 8.56. The number of amidine groups is 1. The van der Waals surface area contributed by atoms with E-state index in [1.807, 2.05) is 36.4 Å². The van der Waals surface area contributed by atoms with Crippen molar-refractivity contribution >= 4 is 11.5 Å². The molecule has 4 nitrogen and oxygen atoms in total. The van der Waals surface area contributed by atoms with Gasteiger partial charge in [0.05, 0.1) is 17.3 Å². The van der Waals surface area contributed by atoms with Gasteiger partial charge in [0.25, 0.3) is 0 Å². The fourth-order valence-corrected chi connectivity index (χ4v) is 2.98. The number of rotatable bonds is 7. The monoisotopic (exact) mass is 350 g/mol. The number of hydrogen-bond acceptors (Lipinski definition) is 3. The lowest BCUT2D eigenvalue weighted by atomic mass is 9.90. The van der Waals surface area contributed by atoms with Crippen LogP contribution in [0.3, 0.4) is 0 Å². The SMILES string of the molecule is NC(CCc1ccc(O)cc1)=Nc1ccc(CCC(O)=C2CCC2)cc1. The minimum Gasteiger partial charge on any atom is -0.512 e. The topological polar surface area (TPSA) is 78.8 Å². The molecule has 0 unspecified atom stereocenters. The zero-order valence-electron chi connectivity index (χ0n) is 15.0. The van der Waals surface area contributed by atoms with Gasteiger partial charge < -0.3 is 15.9 Å². The van der Waals surface area contributed by atoms with Gasteiger partial charge in [-0.3, -0.25) is 0 Å². The Labute approximate surface area is 154 Å². The molecule has 2 aromatic rings. The molecule has 0 radical (unpaired) electrons. The highest BCUT2D eigenvalue weighted by atomic mass is 16.3. The van der Waals surface area contributed by atoms with Crippen molar-refractivity contribution in [3.8, 4) is 5.75 Å². The van der Waals surface area contributed by atoms with Crippen LogP contribution >= 0.6 is 0 Å². The zero-order chi connectivity index (χ0) is 18.4. The van der Waals surface area contributed by atoms with Crippen LogP contribution in [0.15, 0.2) is 64.9 Å². The van der Waals surface area contributed by atoms with Crippen molar-refractivity contribution in [2.45, 2.75) is 44.9 Å². The van der Waals surface area contributed by atoms with Crippen molar-refractivity contribution in [2.75, 3.05) is 0 Å². The number of phenolic OH excluding ortho intramolecular Hbond substituents is 1. The molecule has 3 rings (SSSR count). The Hall–Kier alpha value is -2.75. The van der Waals surface area contributed by atoms with E-state index in [-0.39, 0.29) is 5.75 Å². The highest BCUT2D eigenvalue weighted by Gasteiger charge is 2.13. The van der Waals surface area contributed by atoms with E-state index in [2.05, 4.69) is 4.99 Å². The van der Waals surface area contributed by atoms with Gasteiger partial charge in [0.15, 0.2) is 0 Å². The number of nitrogens with two attached hydrogens (primary N) is 1. The van der Waals surface area contributed by atoms with Crippen LogP contribution in [-0.2, 0) is 12.8 Å². The van der Waals surface area contributed by atoms with Gasteiger partial charge >= 0.3 is 0 Å². The van der Waals surface area contributed by atoms with Crippen molar-refractivity contribution in [2.24, 2.45) is 10.7 Å². The molecule has 0 aliphatic heterocycles. The third kappa shape index (κ3) is 5.12. The molecule has 0 heterocycles. The van der Waals surface area contributed by atoms with Crippen molar-refractivity contribution in [1.29, 1.82) is 0 Å². The summed E-state index contributed by atoms with van der Waals surface area (Å²) in [6, 6.07) is 15.2. The molecule has 0 atom stereocenters. The fraction of sp³-hybridized carbons (Fsp3) is 0.318. The largest absolute Gasteiger partial charge is 0.512 e. The summed E-state index contributed by atoms with van der Waals surface area (Å²) in [7, 11) is 0. The molecule has 1 aliphatic carbocycles. The molecule has 0 aromatic heterocycles. The second-order valence-electron chi connectivity index (χ2n) is 6.84. The first-order valence-corrected chi connectivity index (χ1v) is 9.20. The van der Waals surface area contributed by atoms with Crippen molar-refractivity contribution in [3.63, 3.8) is 0 Å². The van der Waals surface area contributed by atoms with Gasteiger partial charge in [0, 0.05) is 12.8 Å². The van der Waals surface area contributed by atoms with Crippen molar-refractivity contribution < 1.29 is 10.2 Å². The molecule has 136 valence electrons. The van der Waals surface area contributed by atoms with Crippen molar-refractivity contribution in [1.82, 2.24) is 0 Å². The fourth-order valence-electron chi connectivity index (χ4n) is 2.98. The lowest BCUT2D eigenvalue weighted by Gasteiger charge is -2.18. The summed E-state index contributed by atoms with van der Waals surface area (Å²) >= 11 is 0. The molecule has 4 heteroatoms. The van der Waals surface area contributed by atoms with Gasteiger partial charge in [0.1, 0.15) is 5.75 Å². The Morgan fingerprint density at radius 2 is 1.46 bits per heavy atom. The first-order chi connectivity index (χ1) is 12.6. The van der Waals surface area contributed by atoms with E-state index in [1.54, 1.807) is 12.1 Å². The Bertz CT molecular complexity index is 784. The number of aryl methyl sites for hydroxylation is 2. The third-order valence-corrected chi connectivity index (χ3v) is 4.83. The van der Waals surface area contributed by atoms with E-state index in [4.69, 9.17) is 5.73 Å². The lowest BCUT2D eigenvalue weighted by molar-refractivity contribution is 0.365. The summed E-state index contributed by atoms with van der Waals surface area (Å²) in [5.41, 5.74) is 10.4. The van der Waals surface area contributed by atoms with Gasteiger partial charge in [-0.2, -0.15) is 0 Å². The van der Waals surface area contributed by atoms with Gasteiger partial charge in [-0.25, -0.2) is 4.99 Å². The maximum atomic E-state index is 10.00. The number of benzene rings is 2. The first kappa shape index (κ1) is 18.1. The molecule has 2 aromatic carbocycles. The average molecular weight is 350 g/mol. The van der Waals surface area contributed by atoms with Gasteiger partial charge in [0.2, 0.25) is 0 Å². The van der Waals surface area contributed by atoms with Crippen molar-refractivity contribution in [3.05, 3.63) is 71.0 Å². The van der Waals surface area contributed by atoms with Crippen LogP contribution in [0.1, 0.15) is 43.2 Å². The summed E-state index contributed by atoms with van der Waals surface area (Å²) in [4.78, 5) is 4.46.